The molecule has 0 saturated heterocycles. The SMILES string of the molecule is O=C(O)CC(NC(=O)c1ccc(O)cc1O)C1CC1. The zero-order valence-corrected chi connectivity index (χ0v) is 10.2. The van der Waals surface area contributed by atoms with Gasteiger partial charge in [-0.1, -0.05) is 0 Å². The summed E-state index contributed by atoms with van der Waals surface area (Å²) >= 11 is 0. The Morgan fingerprint density at radius 1 is 1.32 bits per heavy atom. The van der Waals surface area contributed by atoms with Crippen molar-refractivity contribution < 1.29 is 24.9 Å². The van der Waals surface area contributed by atoms with E-state index in [1.54, 1.807) is 0 Å². The summed E-state index contributed by atoms with van der Waals surface area (Å²) in [4.78, 5) is 22.7. The van der Waals surface area contributed by atoms with E-state index in [-0.39, 0.29) is 29.4 Å². The highest BCUT2D eigenvalue weighted by atomic mass is 16.4. The highest BCUT2D eigenvalue weighted by Gasteiger charge is 2.34. The second-order valence-corrected chi connectivity index (χ2v) is 4.72. The van der Waals surface area contributed by atoms with Gasteiger partial charge < -0.3 is 20.6 Å². The molecule has 19 heavy (non-hydrogen) atoms. The molecule has 1 aromatic carbocycles. The zero-order valence-electron chi connectivity index (χ0n) is 10.2. The van der Waals surface area contributed by atoms with E-state index in [4.69, 9.17) is 10.2 Å². The van der Waals surface area contributed by atoms with Crippen LogP contribution < -0.4 is 5.32 Å². The maximum Gasteiger partial charge on any atom is 0.305 e. The number of hydrogen-bond donors (Lipinski definition) is 4. The van der Waals surface area contributed by atoms with Gasteiger partial charge in [0.25, 0.3) is 5.91 Å². The van der Waals surface area contributed by atoms with E-state index in [0.29, 0.717) is 0 Å². The predicted molar refractivity (Wildman–Crippen MR) is 66.0 cm³/mol. The summed E-state index contributed by atoms with van der Waals surface area (Å²) in [6.07, 6.45) is 1.68. The normalized spacial score (nSPS) is 15.8. The Balaban J connectivity index is 2.08. The fourth-order valence-electron chi connectivity index (χ4n) is 1.98. The van der Waals surface area contributed by atoms with Crippen LogP contribution in [0.1, 0.15) is 29.6 Å². The third-order valence-electron chi connectivity index (χ3n) is 3.13. The van der Waals surface area contributed by atoms with E-state index in [1.165, 1.54) is 12.1 Å². The summed E-state index contributed by atoms with van der Waals surface area (Å²) in [7, 11) is 0. The number of benzene rings is 1. The molecular weight excluding hydrogens is 250 g/mol. The van der Waals surface area contributed by atoms with Gasteiger partial charge in [-0.25, -0.2) is 0 Å². The van der Waals surface area contributed by atoms with Gasteiger partial charge >= 0.3 is 5.97 Å². The summed E-state index contributed by atoms with van der Waals surface area (Å²) in [5, 5.41) is 30.1. The molecule has 0 aromatic heterocycles. The molecule has 1 aliphatic rings. The van der Waals surface area contributed by atoms with Crippen LogP contribution in [0.2, 0.25) is 0 Å². The number of amides is 1. The van der Waals surface area contributed by atoms with Crippen molar-refractivity contribution >= 4 is 11.9 Å². The number of carboxylic acids is 1. The molecule has 1 saturated carbocycles. The average molecular weight is 265 g/mol. The summed E-state index contributed by atoms with van der Waals surface area (Å²) in [5.74, 6) is -1.78. The molecule has 4 N–H and O–H groups in total. The van der Waals surface area contributed by atoms with Crippen molar-refractivity contribution in [2.75, 3.05) is 0 Å². The van der Waals surface area contributed by atoms with Crippen LogP contribution in [0.4, 0.5) is 0 Å². The van der Waals surface area contributed by atoms with Gasteiger partial charge in [0, 0.05) is 12.1 Å². The molecule has 1 fully saturated rings. The van der Waals surface area contributed by atoms with E-state index >= 15 is 0 Å². The van der Waals surface area contributed by atoms with Crippen LogP contribution in [0.5, 0.6) is 11.5 Å². The van der Waals surface area contributed by atoms with E-state index in [2.05, 4.69) is 5.32 Å². The molecule has 1 atom stereocenters. The van der Waals surface area contributed by atoms with Gasteiger partial charge in [0.1, 0.15) is 11.5 Å². The fourth-order valence-corrected chi connectivity index (χ4v) is 1.98. The standard InChI is InChI=1S/C13H15NO5/c15-8-3-4-9(11(16)5-8)13(19)14-10(6-12(17)18)7-1-2-7/h3-5,7,10,15-16H,1-2,6H2,(H,14,19)(H,17,18). The minimum Gasteiger partial charge on any atom is -0.508 e. The Labute approximate surface area is 109 Å². The summed E-state index contributed by atoms with van der Waals surface area (Å²) < 4.78 is 0. The summed E-state index contributed by atoms with van der Waals surface area (Å²) in [5.41, 5.74) is 0.0221. The second-order valence-electron chi connectivity index (χ2n) is 4.72. The lowest BCUT2D eigenvalue weighted by Crippen LogP contribution is -2.38. The third kappa shape index (κ3) is 3.37. The molecule has 2 rings (SSSR count). The van der Waals surface area contributed by atoms with Crippen LogP contribution >= 0.6 is 0 Å². The van der Waals surface area contributed by atoms with Crippen molar-refractivity contribution in [2.45, 2.75) is 25.3 Å². The van der Waals surface area contributed by atoms with E-state index < -0.39 is 17.9 Å². The Kier molecular flexibility index (Phi) is 3.59. The number of rotatable bonds is 5. The average Bonchev–Trinajstić information content (AvgIpc) is 3.10. The van der Waals surface area contributed by atoms with Crippen molar-refractivity contribution in [1.82, 2.24) is 5.32 Å². The number of phenolic OH excluding ortho intramolecular Hbond substituents is 2. The molecule has 0 aliphatic heterocycles. The van der Waals surface area contributed by atoms with Crippen molar-refractivity contribution in [1.29, 1.82) is 0 Å². The Morgan fingerprint density at radius 2 is 2.00 bits per heavy atom. The monoisotopic (exact) mass is 265 g/mol. The molecule has 0 bridgehead atoms. The van der Waals surface area contributed by atoms with E-state index in [1.807, 2.05) is 0 Å². The molecule has 1 aromatic rings. The quantitative estimate of drug-likeness (QED) is 0.637. The third-order valence-corrected chi connectivity index (χ3v) is 3.13. The fraction of sp³-hybridized carbons (Fsp3) is 0.385. The van der Waals surface area contributed by atoms with Crippen LogP contribution in [0.3, 0.4) is 0 Å². The van der Waals surface area contributed by atoms with Gasteiger partial charge in [-0.2, -0.15) is 0 Å². The summed E-state index contributed by atoms with van der Waals surface area (Å²) in [6.45, 7) is 0. The maximum absolute atomic E-state index is 12.0. The van der Waals surface area contributed by atoms with Crippen molar-refractivity contribution in [3.63, 3.8) is 0 Å². The van der Waals surface area contributed by atoms with Gasteiger partial charge in [0.2, 0.25) is 0 Å². The maximum atomic E-state index is 12.0. The summed E-state index contributed by atoms with van der Waals surface area (Å²) in [6, 6.07) is 3.24. The largest absolute Gasteiger partial charge is 0.508 e. The van der Waals surface area contributed by atoms with Crippen LogP contribution in [0.15, 0.2) is 18.2 Å². The minimum atomic E-state index is -0.966. The molecular formula is C13H15NO5. The molecule has 1 aliphatic carbocycles. The number of nitrogens with one attached hydrogen (secondary N) is 1. The van der Waals surface area contributed by atoms with Gasteiger partial charge in [0.05, 0.1) is 12.0 Å². The Morgan fingerprint density at radius 3 is 2.53 bits per heavy atom. The number of aromatic hydroxyl groups is 2. The molecule has 0 heterocycles. The first kappa shape index (κ1) is 13.2. The van der Waals surface area contributed by atoms with Crippen LogP contribution in [0.25, 0.3) is 0 Å². The lowest BCUT2D eigenvalue weighted by molar-refractivity contribution is -0.137. The molecule has 0 spiro atoms. The number of carboxylic acid groups (broad SMARTS) is 1. The van der Waals surface area contributed by atoms with E-state index in [9.17, 15) is 14.7 Å². The lowest BCUT2D eigenvalue weighted by atomic mass is 10.1. The smallest absolute Gasteiger partial charge is 0.305 e. The first-order valence-corrected chi connectivity index (χ1v) is 6.02. The van der Waals surface area contributed by atoms with Gasteiger partial charge in [-0.3, -0.25) is 9.59 Å². The number of hydrogen-bond acceptors (Lipinski definition) is 4. The Bertz CT molecular complexity index is 510. The van der Waals surface area contributed by atoms with Crippen molar-refractivity contribution in [3.05, 3.63) is 23.8 Å². The first-order valence-electron chi connectivity index (χ1n) is 6.02. The molecule has 1 unspecified atom stereocenters. The number of carbonyl (C=O) groups is 2. The molecule has 102 valence electrons. The lowest BCUT2D eigenvalue weighted by Gasteiger charge is -2.16. The molecule has 6 nitrogen and oxygen atoms in total. The zero-order chi connectivity index (χ0) is 14.0. The van der Waals surface area contributed by atoms with Gasteiger partial charge in [-0.15, -0.1) is 0 Å². The van der Waals surface area contributed by atoms with Crippen LogP contribution in [-0.2, 0) is 4.79 Å². The molecule has 1 amide bonds. The second kappa shape index (κ2) is 5.17. The number of aliphatic carboxylic acids is 1. The number of phenols is 2. The van der Waals surface area contributed by atoms with Gasteiger partial charge in [0.15, 0.2) is 0 Å². The molecule has 0 radical (unpaired) electrons. The van der Waals surface area contributed by atoms with E-state index in [0.717, 1.165) is 18.9 Å². The van der Waals surface area contributed by atoms with Crippen molar-refractivity contribution in [2.24, 2.45) is 5.92 Å². The first-order chi connectivity index (χ1) is 8.97. The van der Waals surface area contributed by atoms with Crippen molar-refractivity contribution in [3.8, 4) is 11.5 Å². The van der Waals surface area contributed by atoms with Crippen LogP contribution in [0, 0.1) is 5.92 Å². The van der Waals surface area contributed by atoms with Crippen LogP contribution in [-0.4, -0.2) is 33.2 Å². The molecule has 6 heteroatoms. The van der Waals surface area contributed by atoms with Gasteiger partial charge in [-0.05, 0) is 30.9 Å². The highest BCUT2D eigenvalue weighted by Crippen LogP contribution is 2.34. The predicted octanol–water partition coefficient (Wildman–Crippen LogP) is 1.08. The minimum absolute atomic E-state index is 0.0221. The highest BCUT2D eigenvalue weighted by molar-refractivity contribution is 5.97. The Hall–Kier alpha value is -2.24. The topological polar surface area (TPSA) is 107 Å². The number of carbonyl (C=O) groups excluding carboxylic acids is 1.